The van der Waals surface area contributed by atoms with E-state index in [9.17, 15) is 9.59 Å². The Morgan fingerprint density at radius 3 is 1.78 bits per heavy atom. The first-order valence-electron chi connectivity index (χ1n) is 10.8. The third-order valence-electron chi connectivity index (χ3n) is 4.65. The second-order valence-corrected chi connectivity index (χ2v) is 7.20. The van der Waals surface area contributed by atoms with Crippen molar-refractivity contribution in [1.82, 2.24) is 0 Å². The largest absolute Gasteiger partial charge is 0.393 e. The predicted molar refractivity (Wildman–Crippen MR) is 112 cm³/mol. The van der Waals surface area contributed by atoms with Crippen LogP contribution < -0.4 is 0 Å². The molecule has 4 nitrogen and oxygen atoms in total. The zero-order chi connectivity index (χ0) is 20.2. The van der Waals surface area contributed by atoms with Crippen molar-refractivity contribution in [2.75, 3.05) is 6.61 Å². The van der Waals surface area contributed by atoms with Gasteiger partial charge >= 0.3 is 0 Å². The van der Waals surface area contributed by atoms with Crippen LogP contribution in [0.1, 0.15) is 96.8 Å². The van der Waals surface area contributed by atoms with E-state index in [1.807, 2.05) is 18.2 Å². The zero-order valence-electron chi connectivity index (χ0n) is 17.2. The SMILES string of the molecule is CCCCCCCCCCCCCC=CC=CCCC(=O)C(=O)C(O)CO. The van der Waals surface area contributed by atoms with Gasteiger partial charge < -0.3 is 10.2 Å². The summed E-state index contributed by atoms with van der Waals surface area (Å²) in [5, 5.41) is 17.7. The van der Waals surface area contributed by atoms with Gasteiger partial charge in [-0.2, -0.15) is 0 Å². The fourth-order valence-corrected chi connectivity index (χ4v) is 2.88. The fourth-order valence-electron chi connectivity index (χ4n) is 2.88. The van der Waals surface area contributed by atoms with Gasteiger partial charge in [-0.25, -0.2) is 0 Å². The highest BCUT2D eigenvalue weighted by Gasteiger charge is 2.20. The summed E-state index contributed by atoms with van der Waals surface area (Å²) < 4.78 is 0. The van der Waals surface area contributed by atoms with E-state index in [0.717, 1.165) is 6.42 Å². The third-order valence-corrected chi connectivity index (χ3v) is 4.65. The fraction of sp³-hybridized carbons (Fsp3) is 0.739. The van der Waals surface area contributed by atoms with Gasteiger partial charge in [-0.05, 0) is 19.3 Å². The molecule has 0 heterocycles. The first-order valence-corrected chi connectivity index (χ1v) is 10.8. The van der Waals surface area contributed by atoms with Gasteiger partial charge in [0.25, 0.3) is 0 Å². The molecule has 0 aliphatic heterocycles. The van der Waals surface area contributed by atoms with Gasteiger partial charge in [0, 0.05) is 6.42 Å². The maximum absolute atomic E-state index is 11.4. The van der Waals surface area contributed by atoms with Crippen molar-refractivity contribution in [2.45, 2.75) is 103 Å². The standard InChI is InChI=1S/C23H40O4/c1-2-3-4-5-6-7-8-9-10-11-12-13-14-15-16-17-18-19-21(25)23(27)22(26)20-24/h14-17,22,24,26H,2-13,18-20H2,1H3. The first kappa shape index (κ1) is 25.7. The summed E-state index contributed by atoms with van der Waals surface area (Å²) in [6, 6.07) is 0. The van der Waals surface area contributed by atoms with Crippen molar-refractivity contribution in [3.63, 3.8) is 0 Å². The van der Waals surface area contributed by atoms with Crippen molar-refractivity contribution >= 4 is 11.6 Å². The Morgan fingerprint density at radius 2 is 1.26 bits per heavy atom. The number of aliphatic hydroxyl groups excluding tert-OH is 2. The average Bonchev–Trinajstić information content (AvgIpc) is 2.68. The first-order chi connectivity index (χ1) is 13.1. The van der Waals surface area contributed by atoms with Crippen LogP contribution in [0.3, 0.4) is 0 Å². The van der Waals surface area contributed by atoms with Crippen LogP contribution in [-0.2, 0) is 9.59 Å². The Kier molecular flexibility index (Phi) is 18.6. The molecular formula is C23H40O4. The quantitative estimate of drug-likeness (QED) is 0.186. The summed E-state index contributed by atoms with van der Waals surface area (Å²) >= 11 is 0. The van der Waals surface area contributed by atoms with E-state index in [1.54, 1.807) is 0 Å². The van der Waals surface area contributed by atoms with Gasteiger partial charge in [-0.1, -0.05) is 95.4 Å². The molecule has 4 heteroatoms. The summed E-state index contributed by atoms with van der Waals surface area (Å²) in [5.74, 6) is -1.54. The van der Waals surface area contributed by atoms with E-state index in [0.29, 0.717) is 6.42 Å². The van der Waals surface area contributed by atoms with E-state index < -0.39 is 24.3 Å². The molecule has 0 rings (SSSR count). The molecule has 0 spiro atoms. The molecule has 1 atom stereocenters. The number of carbonyl (C=O) groups excluding carboxylic acids is 2. The van der Waals surface area contributed by atoms with Crippen molar-refractivity contribution in [1.29, 1.82) is 0 Å². The summed E-state index contributed by atoms with van der Waals surface area (Å²) in [7, 11) is 0. The van der Waals surface area contributed by atoms with Gasteiger partial charge in [0.2, 0.25) is 11.6 Å². The molecule has 2 N–H and O–H groups in total. The predicted octanol–water partition coefficient (Wildman–Crippen LogP) is 5.07. The molecule has 0 aromatic heterocycles. The van der Waals surface area contributed by atoms with Gasteiger partial charge in [0.05, 0.1) is 6.61 Å². The van der Waals surface area contributed by atoms with Gasteiger partial charge in [-0.15, -0.1) is 0 Å². The van der Waals surface area contributed by atoms with E-state index in [1.165, 1.54) is 70.6 Å². The summed E-state index contributed by atoms with van der Waals surface area (Å²) in [6.45, 7) is 1.55. The molecule has 1 unspecified atom stereocenters. The Morgan fingerprint density at radius 1 is 0.778 bits per heavy atom. The van der Waals surface area contributed by atoms with Crippen LogP contribution in [0.5, 0.6) is 0 Å². The van der Waals surface area contributed by atoms with E-state index in [-0.39, 0.29) is 6.42 Å². The van der Waals surface area contributed by atoms with Gasteiger partial charge in [0.15, 0.2) is 0 Å². The van der Waals surface area contributed by atoms with Crippen molar-refractivity contribution in [2.24, 2.45) is 0 Å². The topological polar surface area (TPSA) is 74.6 Å². The molecule has 0 saturated carbocycles. The number of carbonyl (C=O) groups is 2. The molecule has 27 heavy (non-hydrogen) atoms. The number of hydrogen-bond donors (Lipinski definition) is 2. The minimum absolute atomic E-state index is 0.0683. The number of ketones is 2. The lowest BCUT2D eigenvalue weighted by Gasteiger charge is -2.03. The number of unbranched alkanes of at least 4 members (excludes halogenated alkanes) is 11. The lowest BCUT2D eigenvalue weighted by atomic mass is 10.1. The second-order valence-electron chi connectivity index (χ2n) is 7.20. The van der Waals surface area contributed by atoms with Gasteiger partial charge in [0.1, 0.15) is 6.10 Å². The number of rotatable bonds is 19. The van der Waals surface area contributed by atoms with Crippen molar-refractivity contribution < 1.29 is 19.8 Å². The minimum Gasteiger partial charge on any atom is -0.393 e. The van der Waals surface area contributed by atoms with Crippen LogP contribution >= 0.6 is 0 Å². The monoisotopic (exact) mass is 380 g/mol. The number of hydrogen-bond acceptors (Lipinski definition) is 4. The minimum atomic E-state index is -1.58. The highest BCUT2D eigenvalue weighted by molar-refractivity contribution is 6.38. The molecular weight excluding hydrogens is 340 g/mol. The number of allylic oxidation sites excluding steroid dienone is 4. The van der Waals surface area contributed by atoms with E-state index in [4.69, 9.17) is 10.2 Å². The Balaban J connectivity index is 3.43. The number of Topliss-reactive ketones (excluding diaryl/α,β-unsaturated/α-hetero) is 2. The zero-order valence-corrected chi connectivity index (χ0v) is 17.2. The molecule has 156 valence electrons. The van der Waals surface area contributed by atoms with Crippen LogP contribution in [0.2, 0.25) is 0 Å². The molecule has 0 saturated heterocycles. The molecule has 0 aliphatic rings. The van der Waals surface area contributed by atoms with Crippen LogP contribution in [-0.4, -0.2) is 34.5 Å². The van der Waals surface area contributed by atoms with Gasteiger partial charge in [-0.3, -0.25) is 9.59 Å². The van der Waals surface area contributed by atoms with E-state index >= 15 is 0 Å². The van der Waals surface area contributed by atoms with E-state index in [2.05, 4.69) is 13.0 Å². The maximum atomic E-state index is 11.4. The molecule has 0 bridgehead atoms. The Labute approximate surface area is 165 Å². The molecule has 0 aliphatic carbocycles. The highest BCUT2D eigenvalue weighted by Crippen LogP contribution is 2.12. The lowest BCUT2D eigenvalue weighted by Crippen LogP contribution is -2.31. The van der Waals surface area contributed by atoms with Crippen LogP contribution in [0, 0.1) is 0 Å². The number of aliphatic hydroxyl groups is 2. The summed E-state index contributed by atoms with van der Waals surface area (Å²) in [5.41, 5.74) is 0. The molecule has 0 amide bonds. The summed E-state index contributed by atoms with van der Waals surface area (Å²) in [6.07, 6.45) is 22.7. The average molecular weight is 381 g/mol. The normalized spacial score (nSPS) is 12.9. The van der Waals surface area contributed by atoms with Crippen LogP contribution in [0.25, 0.3) is 0 Å². The van der Waals surface area contributed by atoms with Crippen LogP contribution in [0.15, 0.2) is 24.3 Å². The lowest BCUT2D eigenvalue weighted by molar-refractivity contribution is -0.142. The summed E-state index contributed by atoms with van der Waals surface area (Å²) in [4.78, 5) is 22.7. The van der Waals surface area contributed by atoms with Crippen LogP contribution in [0.4, 0.5) is 0 Å². The highest BCUT2D eigenvalue weighted by atomic mass is 16.3. The molecule has 0 aromatic rings. The Bertz CT molecular complexity index is 426. The Hall–Kier alpha value is -1.26. The smallest absolute Gasteiger partial charge is 0.229 e. The molecule has 0 aromatic carbocycles. The van der Waals surface area contributed by atoms with Crippen molar-refractivity contribution in [3.05, 3.63) is 24.3 Å². The molecule has 0 fully saturated rings. The third kappa shape index (κ3) is 16.6. The van der Waals surface area contributed by atoms with Crippen molar-refractivity contribution in [3.8, 4) is 0 Å². The second kappa shape index (κ2) is 19.5. The molecule has 0 radical (unpaired) electrons. The maximum Gasteiger partial charge on any atom is 0.229 e.